The molecule has 8 nitrogen and oxygen atoms in total. The van der Waals surface area contributed by atoms with Crippen LogP contribution in [0, 0.1) is 0 Å². The number of amides is 1. The van der Waals surface area contributed by atoms with E-state index in [1.807, 2.05) is 6.20 Å². The second-order valence-electron chi connectivity index (χ2n) is 6.28. The Labute approximate surface area is 151 Å². The molecule has 0 bridgehead atoms. The summed E-state index contributed by atoms with van der Waals surface area (Å²) in [6.45, 7) is 4.11. The van der Waals surface area contributed by atoms with E-state index in [9.17, 15) is 4.79 Å². The Kier molecular flexibility index (Phi) is 4.92. The van der Waals surface area contributed by atoms with Gasteiger partial charge in [-0.25, -0.2) is 9.97 Å². The van der Waals surface area contributed by atoms with Gasteiger partial charge in [-0.3, -0.25) is 9.78 Å². The van der Waals surface area contributed by atoms with E-state index >= 15 is 0 Å². The zero-order valence-corrected chi connectivity index (χ0v) is 14.5. The lowest BCUT2D eigenvalue weighted by Gasteiger charge is -2.30. The summed E-state index contributed by atoms with van der Waals surface area (Å²) < 4.78 is 10.9. The summed E-state index contributed by atoms with van der Waals surface area (Å²) in [4.78, 5) is 29.6. The molecule has 0 N–H and O–H groups in total. The van der Waals surface area contributed by atoms with Gasteiger partial charge in [-0.15, -0.1) is 0 Å². The zero-order chi connectivity index (χ0) is 17.8. The molecule has 8 heteroatoms. The highest BCUT2D eigenvalue weighted by Gasteiger charge is 2.24. The highest BCUT2D eigenvalue weighted by Crippen LogP contribution is 2.20. The normalized spacial score (nSPS) is 16.9. The van der Waals surface area contributed by atoms with Crippen LogP contribution in [-0.2, 0) is 22.5 Å². The number of aromatic nitrogens is 3. The fourth-order valence-corrected chi connectivity index (χ4v) is 3.09. The van der Waals surface area contributed by atoms with E-state index in [1.165, 1.54) is 0 Å². The number of fused-ring (bicyclic) bond motifs is 1. The first-order valence-corrected chi connectivity index (χ1v) is 8.78. The summed E-state index contributed by atoms with van der Waals surface area (Å²) in [7, 11) is 0. The number of morpholine rings is 1. The van der Waals surface area contributed by atoms with Gasteiger partial charge < -0.3 is 19.3 Å². The van der Waals surface area contributed by atoms with E-state index in [-0.39, 0.29) is 12.5 Å². The van der Waals surface area contributed by atoms with Crippen LogP contribution in [0.15, 0.2) is 30.7 Å². The van der Waals surface area contributed by atoms with Crippen molar-refractivity contribution in [3.63, 3.8) is 0 Å². The van der Waals surface area contributed by atoms with Crippen LogP contribution >= 0.6 is 0 Å². The Balaban J connectivity index is 1.40. The second kappa shape index (κ2) is 7.65. The number of ether oxygens (including phenoxy) is 2. The van der Waals surface area contributed by atoms with Crippen molar-refractivity contribution in [1.82, 2.24) is 19.9 Å². The van der Waals surface area contributed by atoms with Gasteiger partial charge in [0.15, 0.2) is 6.61 Å². The lowest BCUT2D eigenvalue weighted by atomic mass is 10.1. The van der Waals surface area contributed by atoms with E-state index in [4.69, 9.17) is 14.5 Å². The summed E-state index contributed by atoms with van der Waals surface area (Å²) in [6.07, 6.45) is 5.92. The molecule has 0 aliphatic carbocycles. The molecule has 0 unspecified atom stereocenters. The maximum atomic E-state index is 12.5. The first kappa shape index (κ1) is 16.7. The Morgan fingerprint density at radius 2 is 2.12 bits per heavy atom. The summed E-state index contributed by atoms with van der Waals surface area (Å²) in [5.41, 5.74) is 2.03. The number of carbonyl (C=O) groups excluding carboxylic acids is 1. The van der Waals surface area contributed by atoms with E-state index in [1.54, 1.807) is 29.4 Å². The minimum Gasteiger partial charge on any atom is -0.482 e. The SMILES string of the molecule is O=C(COc1cccnc1)N1CCc2cnc(N3CCOCC3)nc2C1. The number of carbonyl (C=O) groups is 1. The van der Waals surface area contributed by atoms with Gasteiger partial charge in [0.2, 0.25) is 5.95 Å². The monoisotopic (exact) mass is 355 g/mol. The highest BCUT2D eigenvalue weighted by molar-refractivity contribution is 5.78. The van der Waals surface area contributed by atoms with Crippen molar-refractivity contribution in [1.29, 1.82) is 0 Å². The second-order valence-corrected chi connectivity index (χ2v) is 6.28. The summed E-state index contributed by atoms with van der Waals surface area (Å²) in [6, 6.07) is 3.56. The van der Waals surface area contributed by atoms with Crippen LogP contribution < -0.4 is 9.64 Å². The average molecular weight is 355 g/mol. The van der Waals surface area contributed by atoms with Crippen LogP contribution in [-0.4, -0.2) is 65.2 Å². The van der Waals surface area contributed by atoms with Crippen molar-refractivity contribution < 1.29 is 14.3 Å². The first-order valence-electron chi connectivity index (χ1n) is 8.78. The topological polar surface area (TPSA) is 80.7 Å². The molecule has 1 saturated heterocycles. The van der Waals surface area contributed by atoms with Crippen LogP contribution in [0.2, 0.25) is 0 Å². The Morgan fingerprint density at radius 3 is 2.92 bits per heavy atom. The minimum atomic E-state index is -0.0500. The Morgan fingerprint density at radius 1 is 1.23 bits per heavy atom. The molecule has 4 heterocycles. The Hall–Kier alpha value is -2.74. The number of rotatable bonds is 4. The molecule has 4 rings (SSSR count). The number of anilines is 1. The maximum Gasteiger partial charge on any atom is 0.260 e. The predicted molar refractivity (Wildman–Crippen MR) is 93.9 cm³/mol. The highest BCUT2D eigenvalue weighted by atomic mass is 16.5. The summed E-state index contributed by atoms with van der Waals surface area (Å²) in [5, 5.41) is 0. The molecule has 2 aliphatic rings. The minimum absolute atomic E-state index is 0.00241. The Bertz CT molecular complexity index is 765. The van der Waals surface area contributed by atoms with Gasteiger partial charge in [0.05, 0.1) is 31.6 Å². The summed E-state index contributed by atoms with van der Waals surface area (Å²) >= 11 is 0. The van der Waals surface area contributed by atoms with Crippen molar-refractivity contribution >= 4 is 11.9 Å². The quantitative estimate of drug-likeness (QED) is 0.797. The molecule has 1 fully saturated rings. The van der Waals surface area contributed by atoms with E-state index < -0.39 is 0 Å². The van der Waals surface area contributed by atoms with Crippen LogP contribution in [0.3, 0.4) is 0 Å². The molecule has 0 radical (unpaired) electrons. The zero-order valence-electron chi connectivity index (χ0n) is 14.5. The van der Waals surface area contributed by atoms with Crippen molar-refractivity contribution in [2.24, 2.45) is 0 Å². The molecule has 0 saturated carbocycles. The summed E-state index contributed by atoms with van der Waals surface area (Å²) in [5.74, 6) is 1.26. The largest absolute Gasteiger partial charge is 0.482 e. The fourth-order valence-electron chi connectivity index (χ4n) is 3.09. The number of pyridine rings is 1. The average Bonchev–Trinajstić information content (AvgIpc) is 2.72. The smallest absolute Gasteiger partial charge is 0.260 e. The van der Waals surface area contributed by atoms with Gasteiger partial charge in [-0.2, -0.15) is 0 Å². The first-order chi connectivity index (χ1) is 12.8. The molecular formula is C18H21N5O3. The van der Waals surface area contributed by atoms with Gasteiger partial charge in [0.1, 0.15) is 5.75 Å². The van der Waals surface area contributed by atoms with Crippen LogP contribution in [0.1, 0.15) is 11.3 Å². The van der Waals surface area contributed by atoms with Crippen LogP contribution in [0.25, 0.3) is 0 Å². The number of hydrogen-bond acceptors (Lipinski definition) is 7. The molecule has 136 valence electrons. The third kappa shape index (κ3) is 3.75. The van der Waals surface area contributed by atoms with Gasteiger partial charge in [-0.1, -0.05) is 0 Å². The van der Waals surface area contributed by atoms with E-state index in [0.29, 0.717) is 38.0 Å². The molecule has 0 aromatic carbocycles. The van der Waals surface area contributed by atoms with Gasteiger partial charge >= 0.3 is 0 Å². The van der Waals surface area contributed by atoms with Crippen LogP contribution in [0.5, 0.6) is 5.75 Å². The number of nitrogens with zero attached hydrogens (tertiary/aromatic N) is 5. The lowest BCUT2D eigenvalue weighted by molar-refractivity contribution is -0.134. The van der Waals surface area contributed by atoms with Crippen molar-refractivity contribution in [3.05, 3.63) is 42.0 Å². The van der Waals surface area contributed by atoms with Gasteiger partial charge in [-0.05, 0) is 24.1 Å². The van der Waals surface area contributed by atoms with Crippen molar-refractivity contribution in [2.45, 2.75) is 13.0 Å². The molecule has 2 aliphatic heterocycles. The lowest BCUT2D eigenvalue weighted by Crippen LogP contribution is -2.40. The van der Waals surface area contributed by atoms with Gasteiger partial charge in [0.25, 0.3) is 5.91 Å². The van der Waals surface area contributed by atoms with Crippen molar-refractivity contribution in [3.8, 4) is 5.75 Å². The van der Waals surface area contributed by atoms with E-state index in [0.717, 1.165) is 30.8 Å². The van der Waals surface area contributed by atoms with Crippen LogP contribution in [0.4, 0.5) is 5.95 Å². The third-order valence-electron chi connectivity index (χ3n) is 4.58. The number of hydrogen-bond donors (Lipinski definition) is 0. The predicted octanol–water partition coefficient (Wildman–Crippen LogP) is 0.672. The molecule has 2 aromatic heterocycles. The van der Waals surface area contributed by atoms with Gasteiger partial charge in [0, 0.05) is 32.0 Å². The van der Waals surface area contributed by atoms with E-state index in [2.05, 4.69) is 14.9 Å². The maximum absolute atomic E-state index is 12.5. The molecule has 1 amide bonds. The standard InChI is InChI=1S/C18H21N5O3/c24-17(13-26-15-2-1-4-19-11-15)23-5-3-14-10-20-18(21-16(14)12-23)22-6-8-25-9-7-22/h1-2,4,10-11H,3,5-9,12-13H2. The molecule has 2 aromatic rings. The molecule has 0 atom stereocenters. The molecule has 26 heavy (non-hydrogen) atoms. The fraction of sp³-hybridized carbons (Fsp3) is 0.444. The molecular weight excluding hydrogens is 334 g/mol. The van der Waals surface area contributed by atoms with Crippen molar-refractivity contribution in [2.75, 3.05) is 44.4 Å². The third-order valence-corrected chi connectivity index (χ3v) is 4.58. The molecule has 0 spiro atoms.